The molecular weight excluding hydrogens is 257 g/mol. The van der Waals surface area contributed by atoms with Crippen LogP contribution in [0.5, 0.6) is 5.75 Å². The predicted octanol–water partition coefficient (Wildman–Crippen LogP) is 4.40. The van der Waals surface area contributed by atoms with E-state index in [0.717, 1.165) is 10.9 Å². The molecule has 1 heterocycles. The van der Waals surface area contributed by atoms with E-state index in [1.54, 1.807) is 24.3 Å². The molecule has 2 aromatic carbocycles. The van der Waals surface area contributed by atoms with E-state index in [2.05, 4.69) is 4.98 Å². The van der Waals surface area contributed by atoms with Crippen LogP contribution in [0.25, 0.3) is 21.8 Å². The van der Waals surface area contributed by atoms with E-state index in [-0.39, 0.29) is 5.75 Å². The van der Waals surface area contributed by atoms with Crippen LogP contribution in [-0.4, -0.2) is 10.1 Å². The summed E-state index contributed by atoms with van der Waals surface area (Å²) in [6.07, 6.45) is 0. The smallest absolute Gasteiger partial charge is 0.143 e. The minimum atomic E-state index is 0.0634. The number of hydrogen-bond donors (Lipinski definition) is 1. The predicted molar refractivity (Wildman–Crippen MR) is 70.9 cm³/mol. The van der Waals surface area contributed by atoms with Gasteiger partial charge >= 0.3 is 0 Å². The van der Waals surface area contributed by atoms with E-state index in [1.165, 1.54) is 0 Å². The third-order valence-corrected chi connectivity index (χ3v) is 3.22. The van der Waals surface area contributed by atoms with E-state index >= 15 is 0 Å². The maximum Gasteiger partial charge on any atom is 0.143 e. The number of hydrogen-bond acceptors (Lipinski definition) is 2. The summed E-state index contributed by atoms with van der Waals surface area (Å²) in [6, 6.07) is 10.7. The number of pyridine rings is 1. The summed E-state index contributed by atoms with van der Waals surface area (Å²) in [4.78, 5) is 4.44. The molecule has 1 N–H and O–H groups in total. The van der Waals surface area contributed by atoms with Gasteiger partial charge in [-0.15, -0.1) is 0 Å². The monoisotopic (exact) mass is 263 g/mol. The first kappa shape index (κ1) is 10.6. The van der Waals surface area contributed by atoms with Gasteiger partial charge < -0.3 is 5.11 Å². The van der Waals surface area contributed by atoms with Gasteiger partial charge in [0, 0.05) is 15.8 Å². The minimum absolute atomic E-state index is 0.0634. The number of aromatic nitrogens is 1. The average Bonchev–Trinajstić information content (AvgIpc) is 2.32. The van der Waals surface area contributed by atoms with Crippen LogP contribution < -0.4 is 0 Å². The Balaban J connectivity index is 2.48. The molecule has 0 atom stereocenters. The van der Waals surface area contributed by atoms with Crippen LogP contribution in [0.2, 0.25) is 10.0 Å². The van der Waals surface area contributed by atoms with Crippen LogP contribution in [0.3, 0.4) is 0 Å². The van der Waals surface area contributed by atoms with Crippen molar-refractivity contribution in [1.29, 1.82) is 0 Å². The Morgan fingerprint density at radius 3 is 2.59 bits per heavy atom. The highest BCUT2D eigenvalue weighted by atomic mass is 35.5. The molecule has 17 heavy (non-hydrogen) atoms. The van der Waals surface area contributed by atoms with Crippen LogP contribution in [-0.2, 0) is 0 Å². The van der Waals surface area contributed by atoms with E-state index in [4.69, 9.17) is 23.2 Å². The Kier molecular flexibility index (Phi) is 2.35. The Bertz CT molecular complexity index is 740. The Hall–Kier alpha value is -1.51. The van der Waals surface area contributed by atoms with Crippen molar-refractivity contribution in [3.05, 3.63) is 46.4 Å². The normalized spacial score (nSPS) is 11.2. The van der Waals surface area contributed by atoms with Gasteiger partial charge in [0.15, 0.2) is 0 Å². The second-order valence-corrected chi connectivity index (χ2v) is 4.63. The minimum Gasteiger partial charge on any atom is -0.506 e. The number of benzene rings is 2. The highest BCUT2D eigenvalue weighted by molar-refractivity contribution is 6.33. The summed E-state index contributed by atoms with van der Waals surface area (Å²) in [6.45, 7) is 0. The van der Waals surface area contributed by atoms with E-state index in [1.807, 2.05) is 12.1 Å². The SMILES string of the molecule is Oc1c(Cl)ccc2nc3cc(Cl)ccc3cc12. The number of phenolic OH excluding ortho intramolecular Hbond substituents is 1. The Morgan fingerprint density at radius 1 is 0.941 bits per heavy atom. The summed E-state index contributed by atoms with van der Waals surface area (Å²) in [5.74, 6) is 0.0634. The largest absolute Gasteiger partial charge is 0.506 e. The van der Waals surface area contributed by atoms with Crippen LogP contribution in [0.4, 0.5) is 0 Å². The third-order valence-electron chi connectivity index (χ3n) is 2.68. The highest BCUT2D eigenvalue weighted by Gasteiger charge is 2.07. The van der Waals surface area contributed by atoms with Gasteiger partial charge in [-0.3, -0.25) is 0 Å². The van der Waals surface area contributed by atoms with Gasteiger partial charge in [-0.25, -0.2) is 4.98 Å². The molecule has 0 aliphatic heterocycles. The zero-order valence-corrected chi connectivity index (χ0v) is 10.1. The van der Waals surface area contributed by atoms with Crippen molar-refractivity contribution < 1.29 is 5.11 Å². The fraction of sp³-hybridized carbons (Fsp3) is 0. The number of aromatic hydroxyl groups is 1. The molecule has 0 unspecified atom stereocenters. The molecule has 3 rings (SSSR count). The number of phenols is 1. The molecule has 0 amide bonds. The van der Waals surface area contributed by atoms with Crippen LogP contribution >= 0.6 is 23.2 Å². The van der Waals surface area contributed by atoms with Crippen molar-refractivity contribution in [3.8, 4) is 5.75 Å². The van der Waals surface area contributed by atoms with Gasteiger partial charge in [-0.2, -0.15) is 0 Å². The van der Waals surface area contributed by atoms with Gasteiger partial charge in [0.05, 0.1) is 16.1 Å². The summed E-state index contributed by atoms with van der Waals surface area (Å²) >= 11 is 11.8. The second kappa shape index (κ2) is 3.76. The fourth-order valence-electron chi connectivity index (χ4n) is 1.83. The molecule has 0 aliphatic carbocycles. The molecule has 3 aromatic rings. The molecule has 2 nitrogen and oxygen atoms in total. The van der Waals surface area contributed by atoms with E-state index in [0.29, 0.717) is 20.9 Å². The molecular formula is C13H7Cl2NO. The zero-order chi connectivity index (χ0) is 12.0. The van der Waals surface area contributed by atoms with Crippen molar-refractivity contribution in [2.75, 3.05) is 0 Å². The van der Waals surface area contributed by atoms with Gasteiger partial charge in [-0.1, -0.05) is 29.3 Å². The topological polar surface area (TPSA) is 33.1 Å². The van der Waals surface area contributed by atoms with Crippen LogP contribution in [0, 0.1) is 0 Å². The second-order valence-electron chi connectivity index (χ2n) is 3.79. The number of nitrogens with zero attached hydrogens (tertiary/aromatic N) is 1. The first-order chi connectivity index (χ1) is 8.15. The van der Waals surface area contributed by atoms with Crippen LogP contribution in [0.15, 0.2) is 36.4 Å². The number of rotatable bonds is 0. The number of fused-ring (bicyclic) bond motifs is 2. The molecule has 1 aromatic heterocycles. The maximum absolute atomic E-state index is 9.87. The van der Waals surface area contributed by atoms with Crippen molar-refractivity contribution in [1.82, 2.24) is 4.98 Å². The van der Waals surface area contributed by atoms with Crippen molar-refractivity contribution in [3.63, 3.8) is 0 Å². The lowest BCUT2D eigenvalue weighted by Crippen LogP contribution is -1.83. The molecule has 4 heteroatoms. The lowest BCUT2D eigenvalue weighted by atomic mass is 10.1. The first-order valence-corrected chi connectivity index (χ1v) is 5.78. The summed E-state index contributed by atoms with van der Waals surface area (Å²) in [5, 5.41) is 12.4. The van der Waals surface area contributed by atoms with Crippen LogP contribution in [0.1, 0.15) is 0 Å². The summed E-state index contributed by atoms with van der Waals surface area (Å²) < 4.78 is 0. The molecule has 0 fully saturated rings. The maximum atomic E-state index is 9.87. The third kappa shape index (κ3) is 1.70. The van der Waals surface area contributed by atoms with E-state index in [9.17, 15) is 5.11 Å². The molecule has 0 radical (unpaired) electrons. The molecule has 0 saturated heterocycles. The quantitative estimate of drug-likeness (QED) is 0.610. The lowest BCUT2D eigenvalue weighted by Gasteiger charge is -2.05. The van der Waals surface area contributed by atoms with E-state index < -0.39 is 0 Å². The van der Waals surface area contributed by atoms with Gasteiger partial charge in [0.2, 0.25) is 0 Å². The standard InChI is InChI=1S/C13H7Cl2NO/c14-8-2-1-7-5-9-11(16-12(7)6-8)4-3-10(15)13(9)17/h1-6,17H. The first-order valence-electron chi connectivity index (χ1n) is 5.02. The van der Waals surface area contributed by atoms with Crippen molar-refractivity contribution >= 4 is 45.0 Å². The lowest BCUT2D eigenvalue weighted by molar-refractivity contribution is 0.482. The fourth-order valence-corrected chi connectivity index (χ4v) is 2.16. The average molecular weight is 264 g/mol. The van der Waals surface area contributed by atoms with Crippen molar-refractivity contribution in [2.45, 2.75) is 0 Å². The van der Waals surface area contributed by atoms with Crippen molar-refractivity contribution in [2.24, 2.45) is 0 Å². The molecule has 0 aliphatic rings. The Labute approximate surface area is 107 Å². The molecule has 0 bridgehead atoms. The molecule has 84 valence electrons. The Morgan fingerprint density at radius 2 is 1.76 bits per heavy atom. The summed E-state index contributed by atoms with van der Waals surface area (Å²) in [5.41, 5.74) is 1.49. The molecule has 0 spiro atoms. The number of halogens is 2. The van der Waals surface area contributed by atoms with Gasteiger partial charge in [0.25, 0.3) is 0 Å². The molecule has 0 saturated carbocycles. The zero-order valence-electron chi connectivity index (χ0n) is 8.61. The van der Waals surface area contributed by atoms with Gasteiger partial charge in [0.1, 0.15) is 5.75 Å². The highest BCUT2D eigenvalue weighted by Crippen LogP contribution is 2.33. The van der Waals surface area contributed by atoms with Gasteiger partial charge in [-0.05, 0) is 30.3 Å². The summed E-state index contributed by atoms with van der Waals surface area (Å²) in [7, 11) is 0.